The third kappa shape index (κ3) is 446. The molecule has 0 rings (SSSR count). The van der Waals surface area contributed by atoms with Gasteiger partial charge in [0.1, 0.15) is 0 Å². The van der Waals surface area contributed by atoms with Crippen LogP contribution < -0.4 is 0 Å². The second-order valence-corrected chi connectivity index (χ2v) is 0. The van der Waals surface area contributed by atoms with Crippen LogP contribution in [0.3, 0.4) is 0 Å². The van der Waals surface area contributed by atoms with E-state index in [0.29, 0.717) is 0 Å². The molecule has 58 valence electrons. The van der Waals surface area contributed by atoms with Crippen molar-refractivity contribution in [3.63, 3.8) is 0 Å². The molecule has 0 saturated carbocycles. The van der Waals surface area contributed by atoms with Gasteiger partial charge in [0, 0.05) is 0 Å². The fraction of sp³-hybridized carbons (Fsp3) is 0. The summed E-state index contributed by atoms with van der Waals surface area (Å²) in [4.78, 5) is 0. The minimum atomic E-state index is 0. The number of hydrogen-bond donors (Lipinski definition) is 0. The second kappa shape index (κ2) is 583. The molecular weight excluding hydrogens is 492 g/mol. The molecule has 0 aromatic rings. The van der Waals surface area contributed by atoms with E-state index >= 15 is 0 Å². The summed E-state index contributed by atoms with van der Waals surface area (Å²) in [5.74, 6) is 0. The van der Waals surface area contributed by atoms with Gasteiger partial charge in [-0.2, -0.15) is 0 Å². The van der Waals surface area contributed by atoms with Crippen LogP contribution in [0.2, 0.25) is 0 Å². The van der Waals surface area contributed by atoms with Gasteiger partial charge in [0.2, 0.25) is 0 Å². The molecule has 0 aliphatic rings. The van der Waals surface area contributed by atoms with Crippen LogP contribution in [0.4, 0.5) is 0 Å². The van der Waals surface area contributed by atoms with Crippen molar-refractivity contribution in [2.24, 2.45) is 0 Å². The van der Waals surface area contributed by atoms with Crippen molar-refractivity contribution in [3.05, 3.63) is 0 Å². The Morgan fingerprint density at radius 1 is 0.222 bits per heavy atom. The molecule has 0 fully saturated rings. The average molecular weight is 492 g/mol. The van der Waals surface area contributed by atoms with Crippen molar-refractivity contribution >= 4 is 0 Å². The maximum absolute atomic E-state index is 0. The fourth-order valence-corrected chi connectivity index (χ4v) is 0. The second-order valence-electron chi connectivity index (χ2n) is 0. The minimum Gasteiger partial charge on any atom is -2.00 e. The van der Waals surface area contributed by atoms with Crippen LogP contribution in [0.5, 0.6) is 0 Å². The van der Waals surface area contributed by atoms with Crippen molar-refractivity contribution in [1.29, 1.82) is 0 Å². The quantitative estimate of drug-likeness (QED) is 0.406. The van der Waals surface area contributed by atoms with Gasteiger partial charge < -0.3 is 38.3 Å². The van der Waals surface area contributed by atoms with Crippen LogP contribution in [0.1, 0.15) is 0 Å². The Morgan fingerprint density at radius 3 is 0.222 bits per heavy atom. The van der Waals surface area contributed by atoms with Crippen molar-refractivity contribution in [1.82, 2.24) is 0 Å². The third-order valence-corrected chi connectivity index (χ3v) is 0. The van der Waals surface area contributed by atoms with Gasteiger partial charge in [0.15, 0.2) is 0 Å². The van der Waals surface area contributed by atoms with E-state index in [9.17, 15) is 0 Å². The van der Waals surface area contributed by atoms with Crippen LogP contribution in [0.15, 0.2) is 0 Å². The van der Waals surface area contributed by atoms with Gasteiger partial charge >= 0.3 is 39.6 Å². The first-order chi connectivity index (χ1) is 0. The first kappa shape index (κ1) is 820. The summed E-state index contributed by atoms with van der Waals surface area (Å²) in [7, 11) is 0. The predicted molar refractivity (Wildman–Crippen MR) is 4.81 cm³/mol. The summed E-state index contributed by atoms with van der Waals surface area (Å²) in [6.45, 7) is 0. The van der Waals surface area contributed by atoms with Crippen LogP contribution in [0.25, 0.3) is 0 Å². The smallest absolute Gasteiger partial charge is 2.00 e. The Labute approximate surface area is 78.1 Å². The Kier molecular flexibility index (Phi) is 53100. The Morgan fingerprint density at radius 2 is 0.222 bits per heavy atom. The summed E-state index contributed by atoms with van der Waals surface area (Å²) in [5, 5.41) is 0. The molecule has 0 aromatic heterocycles. The van der Waals surface area contributed by atoms with Crippen molar-refractivity contribution in [3.8, 4) is 0 Å². The SMILES string of the molecule is [O-2].[O-2].[O-2].[O-2].[O-2].[O-2].[O-2].[Os+7].[Os+7]. The van der Waals surface area contributed by atoms with Crippen molar-refractivity contribution < 1.29 is 77.9 Å². The summed E-state index contributed by atoms with van der Waals surface area (Å²) < 4.78 is 0. The Balaban J connectivity index is 0. The Bertz CT molecular complexity index is 6.88. The van der Waals surface area contributed by atoms with Gasteiger partial charge in [0.25, 0.3) is 0 Å². The number of rotatable bonds is 0. The van der Waals surface area contributed by atoms with Crippen LogP contribution in [-0.4, -0.2) is 0 Å². The maximum atomic E-state index is 0. The van der Waals surface area contributed by atoms with E-state index in [1.165, 1.54) is 0 Å². The molecule has 9 heteroatoms. The monoisotopic (exact) mass is 496 g/mol. The third-order valence-electron chi connectivity index (χ3n) is 0. The molecule has 0 N–H and O–H groups in total. The zero-order valence-electron chi connectivity index (χ0n) is 3.56. The molecule has 2 radical (unpaired) electrons. The molecule has 0 saturated heterocycles. The van der Waals surface area contributed by atoms with E-state index in [4.69, 9.17) is 0 Å². The van der Waals surface area contributed by atoms with E-state index in [1.807, 2.05) is 0 Å². The average Bonchev–Trinajstić information content (AvgIpc) is 0. The number of hydrogen-bond acceptors (Lipinski definition) is 0. The molecule has 0 bridgehead atoms. The largest absolute Gasteiger partial charge is 7.00 e. The fourth-order valence-electron chi connectivity index (χ4n) is 0. The normalized spacial score (nSPS) is 0. The van der Waals surface area contributed by atoms with Gasteiger partial charge in [0.05, 0.1) is 0 Å². The molecule has 0 amide bonds. The van der Waals surface area contributed by atoms with Gasteiger partial charge in [-0.3, -0.25) is 0 Å². The molecule has 0 aliphatic carbocycles. The molecule has 9 heavy (non-hydrogen) atoms. The topological polar surface area (TPSA) is 200 Å². The molecule has 0 heterocycles. The molecule has 0 aromatic carbocycles. The van der Waals surface area contributed by atoms with Gasteiger partial charge in [-0.25, -0.2) is 0 Å². The van der Waals surface area contributed by atoms with E-state index in [0.717, 1.165) is 0 Å². The zero-order valence-corrected chi connectivity index (χ0v) is 8.65. The zero-order chi connectivity index (χ0) is 0. The molecule has 0 aliphatic heterocycles. The summed E-state index contributed by atoms with van der Waals surface area (Å²) in [6.07, 6.45) is 0. The molecular formula is O7Os2. The Hall–Kier alpha value is 0.993. The van der Waals surface area contributed by atoms with Crippen LogP contribution >= 0.6 is 0 Å². The maximum Gasteiger partial charge on any atom is 7.00 e. The van der Waals surface area contributed by atoms with E-state index in [1.54, 1.807) is 0 Å². The van der Waals surface area contributed by atoms with Crippen molar-refractivity contribution in [2.75, 3.05) is 0 Å². The first-order valence-corrected chi connectivity index (χ1v) is 0. The predicted octanol–water partition coefficient (Wildman–Crippen LogP) is -0.837. The van der Waals surface area contributed by atoms with E-state index < -0.39 is 0 Å². The molecule has 0 unspecified atom stereocenters. The van der Waals surface area contributed by atoms with E-state index in [-0.39, 0.29) is 77.9 Å². The summed E-state index contributed by atoms with van der Waals surface area (Å²) >= 11 is 0. The molecule has 7 nitrogen and oxygen atoms in total. The van der Waals surface area contributed by atoms with Gasteiger partial charge in [-0.1, -0.05) is 0 Å². The van der Waals surface area contributed by atoms with Crippen LogP contribution in [0, 0.1) is 0 Å². The standard InChI is InChI=1S/7O.2Os/q7*-2;2*+7. The summed E-state index contributed by atoms with van der Waals surface area (Å²) in [6, 6.07) is 0. The summed E-state index contributed by atoms with van der Waals surface area (Å²) in [5.41, 5.74) is 0. The van der Waals surface area contributed by atoms with Gasteiger partial charge in [-0.15, -0.1) is 0 Å². The van der Waals surface area contributed by atoms with Gasteiger partial charge in [-0.05, 0) is 0 Å². The van der Waals surface area contributed by atoms with Crippen molar-refractivity contribution in [2.45, 2.75) is 0 Å². The van der Waals surface area contributed by atoms with Crippen LogP contribution in [-0.2, 0) is 77.9 Å². The minimum absolute atomic E-state index is 0. The molecule has 0 spiro atoms. The van der Waals surface area contributed by atoms with E-state index in [2.05, 4.69) is 0 Å². The molecule has 0 atom stereocenters. The first-order valence-electron chi connectivity index (χ1n) is 0.